The molecular formula is C15H13F3N2O2. The summed E-state index contributed by atoms with van der Waals surface area (Å²) in [7, 11) is 0. The number of carboxylic acids is 1. The molecule has 1 aliphatic heterocycles. The maximum absolute atomic E-state index is 12.8. The Hall–Kier alpha value is -2.31. The molecule has 1 N–H and O–H groups in total. The van der Waals surface area contributed by atoms with Crippen molar-refractivity contribution >= 4 is 5.97 Å². The Morgan fingerprint density at radius 2 is 2.14 bits per heavy atom. The van der Waals surface area contributed by atoms with Crippen LogP contribution in [-0.4, -0.2) is 20.6 Å². The van der Waals surface area contributed by atoms with Gasteiger partial charge in [0.25, 0.3) is 0 Å². The van der Waals surface area contributed by atoms with E-state index in [2.05, 4.69) is 4.98 Å². The summed E-state index contributed by atoms with van der Waals surface area (Å²) in [5.74, 6) is -0.624. The van der Waals surface area contributed by atoms with Crippen molar-refractivity contribution in [1.82, 2.24) is 9.55 Å². The molecule has 2 heterocycles. The first kappa shape index (κ1) is 14.6. The topological polar surface area (TPSA) is 55.1 Å². The number of hydrogen-bond acceptors (Lipinski definition) is 2. The average molecular weight is 310 g/mol. The molecule has 0 saturated heterocycles. The van der Waals surface area contributed by atoms with Gasteiger partial charge in [-0.1, -0.05) is 12.1 Å². The van der Waals surface area contributed by atoms with E-state index >= 15 is 0 Å². The third-order valence-electron chi connectivity index (χ3n) is 3.83. The molecule has 3 rings (SSSR count). The highest BCUT2D eigenvalue weighted by atomic mass is 19.4. The van der Waals surface area contributed by atoms with Crippen LogP contribution in [0.3, 0.4) is 0 Å². The molecule has 7 heteroatoms. The second-order valence-electron chi connectivity index (χ2n) is 5.35. The molecule has 0 amide bonds. The van der Waals surface area contributed by atoms with E-state index in [1.807, 2.05) is 0 Å². The number of imidazole rings is 1. The lowest BCUT2D eigenvalue weighted by Crippen LogP contribution is -2.26. The minimum absolute atomic E-state index is 0.302. The van der Waals surface area contributed by atoms with E-state index in [0.717, 1.165) is 12.1 Å². The molecule has 0 bridgehead atoms. The third-order valence-corrected chi connectivity index (χ3v) is 3.83. The number of benzene rings is 1. The molecule has 0 radical (unpaired) electrons. The molecule has 22 heavy (non-hydrogen) atoms. The van der Waals surface area contributed by atoms with Gasteiger partial charge in [0, 0.05) is 24.7 Å². The van der Waals surface area contributed by atoms with Crippen LogP contribution in [0.4, 0.5) is 13.2 Å². The molecule has 116 valence electrons. The number of hydrogen-bond donors (Lipinski definition) is 1. The van der Waals surface area contributed by atoms with E-state index in [9.17, 15) is 18.0 Å². The Kier molecular flexibility index (Phi) is 3.42. The van der Waals surface area contributed by atoms with Crippen molar-refractivity contribution in [3.05, 3.63) is 41.9 Å². The van der Waals surface area contributed by atoms with Gasteiger partial charge in [-0.25, -0.2) is 4.98 Å². The monoisotopic (exact) mass is 310 g/mol. The van der Waals surface area contributed by atoms with E-state index in [4.69, 9.17) is 5.11 Å². The molecule has 1 aliphatic rings. The maximum atomic E-state index is 12.8. The number of carboxylic acid groups (broad SMARTS) is 1. The standard InChI is InChI=1S/C15H13F3N2O2/c16-15(17,18)11-3-1-2-9(6-11)12-8-20-7-10(14(21)22)4-5-13(20)19-12/h1-3,6,8,10H,4-5,7H2,(H,21,22). The first-order valence-corrected chi connectivity index (χ1v) is 6.81. The van der Waals surface area contributed by atoms with Crippen LogP contribution in [-0.2, 0) is 23.9 Å². The number of fused-ring (bicyclic) bond motifs is 1. The fraction of sp³-hybridized carbons (Fsp3) is 0.333. The van der Waals surface area contributed by atoms with Crippen LogP contribution in [0.15, 0.2) is 30.5 Å². The van der Waals surface area contributed by atoms with Crippen LogP contribution in [0.1, 0.15) is 17.8 Å². The highest BCUT2D eigenvalue weighted by molar-refractivity contribution is 5.70. The first-order valence-electron chi connectivity index (χ1n) is 6.81. The van der Waals surface area contributed by atoms with Crippen molar-refractivity contribution in [2.24, 2.45) is 5.92 Å². The number of aryl methyl sites for hydroxylation is 1. The van der Waals surface area contributed by atoms with Crippen LogP contribution in [0, 0.1) is 5.92 Å². The number of halogens is 3. The van der Waals surface area contributed by atoms with E-state index < -0.39 is 23.6 Å². The summed E-state index contributed by atoms with van der Waals surface area (Å²) in [5.41, 5.74) is 0.0927. The number of aromatic nitrogens is 2. The van der Waals surface area contributed by atoms with Gasteiger partial charge in [-0.15, -0.1) is 0 Å². The molecule has 0 spiro atoms. The van der Waals surface area contributed by atoms with Gasteiger partial charge in [0.05, 0.1) is 17.2 Å². The summed E-state index contributed by atoms with van der Waals surface area (Å²) >= 11 is 0. The lowest BCUT2D eigenvalue weighted by atomic mass is 10.00. The largest absolute Gasteiger partial charge is 0.481 e. The van der Waals surface area contributed by atoms with Crippen LogP contribution >= 0.6 is 0 Å². The molecule has 0 saturated carbocycles. The predicted molar refractivity (Wildman–Crippen MR) is 72.1 cm³/mol. The summed E-state index contributed by atoms with van der Waals surface area (Å²) in [6.07, 6.45) is -1.77. The van der Waals surface area contributed by atoms with Crippen molar-refractivity contribution in [2.45, 2.75) is 25.6 Å². The highest BCUT2D eigenvalue weighted by Crippen LogP contribution is 2.32. The third kappa shape index (κ3) is 2.70. The minimum atomic E-state index is -4.40. The van der Waals surface area contributed by atoms with Crippen LogP contribution in [0.25, 0.3) is 11.3 Å². The molecule has 0 fully saturated rings. The number of nitrogens with zero attached hydrogens (tertiary/aromatic N) is 2. The van der Waals surface area contributed by atoms with Crippen molar-refractivity contribution in [3.63, 3.8) is 0 Å². The Morgan fingerprint density at radius 3 is 2.82 bits per heavy atom. The predicted octanol–water partition coefficient (Wildman–Crippen LogP) is 3.22. The smallest absolute Gasteiger partial charge is 0.416 e. The number of aliphatic carboxylic acids is 1. The molecule has 0 aliphatic carbocycles. The molecular weight excluding hydrogens is 297 g/mol. The van der Waals surface area contributed by atoms with Crippen molar-refractivity contribution in [1.29, 1.82) is 0 Å². The molecule has 4 nitrogen and oxygen atoms in total. The molecule has 1 unspecified atom stereocenters. The lowest BCUT2D eigenvalue weighted by molar-refractivity contribution is -0.142. The minimum Gasteiger partial charge on any atom is -0.481 e. The Bertz CT molecular complexity index is 722. The Labute approximate surface area is 124 Å². The fourth-order valence-corrected chi connectivity index (χ4v) is 2.64. The van der Waals surface area contributed by atoms with Crippen molar-refractivity contribution in [2.75, 3.05) is 0 Å². The Balaban J connectivity index is 1.93. The number of rotatable bonds is 2. The molecule has 1 aromatic carbocycles. The zero-order valence-electron chi connectivity index (χ0n) is 11.5. The van der Waals surface area contributed by atoms with Crippen LogP contribution in [0.2, 0.25) is 0 Å². The maximum Gasteiger partial charge on any atom is 0.416 e. The second-order valence-corrected chi connectivity index (χ2v) is 5.35. The SMILES string of the molecule is O=C(O)C1CCc2nc(-c3cccc(C(F)(F)F)c3)cn2C1. The molecule has 1 atom stereocenters. The van der Waals surface area contributed by atoms with E-state index in [-0.39, 0.29) is 0 Å². The number of alkyl halides is 3. The highest BCUT2D eigenvalue weighted by Gasteiger charge is 2.31. The van der Waals surface area contributed by atoms with E-state index in [0.29, 0.717) is 36.5 Å². The second kappa shape index (κ2) is 5.15. The number of carbonyl (C=O) groups is 1. The fourth-order valence-electron chi connectivity index (χ4n) is 2.64. The van der Waals surface area contributed by atoms with Gasteiger partial charge in [-0.05, 0) is 18.6 Å². The average Bonchev–Trinajstić information content (AvgIpc) is 2.89. The van der Waals surface area contributed by atoms with Gasteiger partial charge in [0.1, 0.15) is 5.82 Å². The summed E-state index contributed by atoms with van der Waals surface area (Å²) in [6.45, 7) is 0.302. The van der Waals surface area contributed by atoms with Gasteiger partial charge in [0.2, 0.25) is 0 Å². The quantitative estimate of drug-likeness (QED) is 0.926. The van der Waals surface area contributed by atoms with Crippen molar-refractivity contribution < 1.29 is 23.1 Å². The van der Waals surface area contributed by atoms with Gasteiger partial charge in [0.15, 0.2) is 0 Å². The van der Waals surface area contributed by atoms with E-state index in [1.165, 1.54) is 6.07 Å². The van der Waals surface area contributed by atoms with E-state index in [1.54, 1.807) is 16.8 Å². The summed E-state index contributed by atoms with van der Waals surface area (Å²) < 4.78 is 40.0. The van der Waals surface area contributed by atoms with Gasteiger partial charge in [-0.3, -0.25) is 4.79 Å². The van der Waals surface area contributed by atoms with Gasteiger partial charge >= 0.3 is 12.1 Å². The summed E-state index contributed by atoms with van der Waals surface area (Å²) in [4.78, 5) is 15.4. The van der Waals surface area contributed by atoms with Gasteiger partial charge < -0.3 is 9.67 Å². The zero-order chi connectivity index (χ0) is 15.9. The normalized spacial score (nSPS) is 18.0. The molecule has 1 aromatic heterocycles. The zero-order valence-corrected chi connectivity index (χ0v) is 11.5. The Morgan fingerprint density at radius 1 is 1.36 bits per heavy atom. The summed E-state index contributed by atoms with van der Waals surface area (Å²) in [5, 5.41) is 9.05. The summed E-state index contributed by atoms with van der Waals surface area (Å²) in [6, 6.07) is 4.98. The lowest BCUT2D eigenvalue weighted by Gasteiger charge is -2.19. The first-order chi connectivity index (χ1) is 10.3. The molecule has 2 aromatic rings. The van der Waals surface area contributed by atoms with Gasteiger partial charge in [-0.2, -0.15) is 13.2 Å². The van der Waals surface area contributed by atoms with Crippen LogP contribution < -0.4 is 0 Å². The van der Waals surface area contributed by atoms with Crippen LogP contribution in [0.5, 0.6) is 0 Å². The van der Waals surface area contributed by atoms with Crippen molar-refractivity contribution in [3.8, 4) is 11.3 Å².